The normalized spacial score (nSPS) is 10.5. The summed E-state index contributed by atoms with van der Waals surface area (Å²) < 4.78 is 0. The minimum absolute atomic E-state index is 0.836. The molecule has 0 amide bonds. The van der Waals surface area contributed by atoms with Crippen LogP contribution < -0.4 is 0 Å². The Labute approximate surface area is 100 Å². The highest BCUT2D eigenvalue weighted by Crippen LogP contribution is 2.27. The van der Waals surface area contributed by atoms with Gasteiger partial charge in [0.05, 0.1) is 11.9 Å². The van der Waals surface area contributed by atoms with Crippen LogP contribution in [0.5, 0.6) is 0 Å². The Bertz CT molecular complexity index is 512. The SMILES string of the molecule is Cc1cc(-c2cc(C)c(Cl)c(C)c2)cnn1. The summed E-state index contributed by atoms with van der Waals surface area (Å²) in [5.74, 6) is 0. The van der Waals surface area contributed by atoms with E-state index in [4.69, 9.17) is 11.6 Å². The highest BCUT2D eigenvalue weighted by molar-refractivity contribution is 6.32. The quantitative estimate of drug-likeness (QED) is 0.749. The zero-order chi connectivity index (χ0) is 11.7. The van der Waals surface area contributed by atoms with Crippen LogP contribution in [0.4, 0.5) is 0 Å². The molecule has 3 heteroatoms. The van der Waals surface area contributed by atoms with E-state index in [9.17, 15) is 0 Å². The Morgan fingerprint density at radius 1 is 0.938 bits per heavy atom. The molecule has 0 aliphatic heterocycles. The Balaban J connectivity index is 2.57. The largest absolute Gasteiger partial charge is 0.158 e. The van der Waals surface area contributed by atoms with Crippen LogP contribution in [0.3, 0.4) is 0 Å². The summed E-state index contributed by atoms with van der Waals surface area (Å²) in [5.41, 5.74) is 5.31. The fourth-order valence-electron chi connectivity index (χ4n) is 1.74. The van der Waals surface area contributed by atoms with E-state index in [2.05, 4.69) is 22.3 Å². The number of benzene rings is 1. The number of aromatic nitrogens is 2. The number of nitrogens with zero attached hydrogens (tertiary/aromatic N) is 2. The van der Waals surface area contributed by atoms with Gasteiger partial charge in [0.2, 0.25) is 0 Å². The minimum atomic E-state index is 0.836. The van der Waals surface area contributed by atoms with Gasteiger partial charge in [-0.3, -0.25) is 0 Å². The molecule has 0 saturated carbocycles. The van der Waals surface area contributed by atoms with Crippen molar-refractivity contribution in [2.75, 3.05) is 0 Å². The predicted octanol–water partition coefficient (Wildman–Crippen LogP) is 3.72. The summed E-state index contributed by atoms with van der Waals surface area (Å²) in [6.45, 7) is 5.97. The fourth-order valence-corrected chi connectivity index (χ4v) is 1.85. The van der Waals surface area contributed by atoms with Gasteiger partial charge in [-0.1, -0.05) is 11.6 Å². The van der Waals surface area contributed by atoms with Crippen LogP contribution in [0.1, 0.15) is 16.8 Å². The van der Waals surface area contributed by atoms with Crippen molar-refractivity contribution in [2.45, 2.75) is 20.8 Å². The van der Waals surface area contributed by atoms with Gasteiger partial charge < -0.3 is 0 Å². The van der Waals surface area contributed by atoms with Gasteiger partial charge in [-0.15, -0.1) is 0 Å². The van der Waals surface area contributed by atoms with Crippen molar-refractivity contribution < 1.29 is 0 Å². The van der Waals surface area contributed by atoms with Gasteiger partial charge in [0.15, 0.2) is 0 Å². The van der Waals surface area contributed by atoms with E-state index in [0.717, 1.165) is 33.0 Å². The molecule has 0 radical (unpaired) electrons. The van der Waals surface area contributed by atoms with E-state index in [0.29, 0.717) is 0 Å². The average Bonchev–Trinajstić information content (AvgIpc) is 2.25. The van der Waals surface area contributed by atoms with Crippen LogP contribution in [0.15, 0.2) is 24.4 Å². The van der Waals surface area contributed by atoms with Gasteiger partial charge in [0.25, 0.3) is 0 Å². The molecule has 0 saturated heterocycles. The van der Waals surface area contributed by atoms with Gasteiger partial charge >= 0.3 is 0 Å². The minimum Gasteiger partial charge on any atom is -0.158 e. The lowest BCUT2D eigenvalue weighted by Gasteiger charge is -2.07. The van der Waals surface area contributed by atoms with Crippen molar-refractivity contribution in [1.82, 2.24) is 10.2 Å². The number of rotatable bonds is 1. The van der Waals surface area contributed by atoms with Gasteiger partial charge in [-0.05, 0) is 55.7 Å². The maximum Gasteiger partial charge on any atom is 0.0606 e. The first-order valence-corrected chi connectivity index (χ1v) is 5.52. The van der Waals surface area contributed by atoms with Crippen molar-refractivity contribution in [3.05, 3.63) is 46.2 Å². The summed E-state index contributed by atoms with van der Waals surface area (Å²) in [7, 11) is 0. The predicted molar refractivity (Wildman–Crippen MR) is 66.7 cm³/mol. The molecular formula is C13H13ClN2. The second kappa shape index (κ2) is 4.22. The highest BCUT2D eigenvalue weighted by atomic mass is 35.5. The van der Waals surface area contributed by atoms with E-state index in [1.807, 2.05) is 26.8 Å². The lowest BCUT2D eigenvalue weighted by atomic mass is 10.0. The molecule has 2 nitrogen and oxygen atoms in total. The Kier molecular flexibility index (Phi) is 2.92. The van der Waals surface area contributed by atoms with Gasteiger partial charge in [0.1, 0.15) is 0 Å². The lowest BCUT2D eigenvalue weighted by molar-refractivity contribution is 0.982. The maximum absolute atomic E-state index is 6.14. The third-order valence-corrected chi connectivity index (χ3v) is 3.14. The molecule has 0 spiro atoms. The number of hydrogen-bond donors (Lipinski definition) is 0. The van der Waals surface area contributed by atoms with E-state index >= 15 is 0 Å². The molecule has 16 heavy (non-hydrogen) atoms. The van der Waals surface area contributed by atoms with E-state index in [1.165, 1.54) is 0 Å². The van der Waals surface area contributed by atoms with Crippen molar-refractivity contribution in [1.29, 1.82) is 0 Å². The first-order valence-electron chi connectivity index (χ1n) is 5.14. The maximum atomic E-state index is 6.14. The molecule has 1 heterocycles. The van der Waals surface area contributed by atoms with E-state index in [-0.39, 0.29) is 0 Å². The van der Waals surface area contributed by atoms with Gasteiger partial charge in [-0.25, -0.2) is 0 Å². The molecule has 0 fully saturated rings. The van der Waals surface area contributed by atoms with Crippen molar-refractivity contribution in [3.63, 3.8) is 0 Å². The molecular weight excluding hydrogens is 220 g/mol. The Morgan fingerprint density at radius 3 is 2.12 bits per heavy atom. The lowest BCUT2D eigenvalue weighted by Crippen LogP contribution is -1.89. The fraction of sp³-hybridized carbons (Fsp3) is 0.231. The highest BCUT2D eigenvalue weighted by Gasteiger charge is 2.05. The van der Waals surface area contributed by atoms with Gasteiger partial charge in [-0.2, -0.15) is 10.2 Å². The number of halogens is 1. The Morgan fingerprint density at radius 2 is 1.56 bits per heavy atom. The molecule has 2 rings (SSSR count). The zero-order valence-corrected chi connectivity index (χ0v) is 10.3. The molecule has 0 aliphatic rings. The molecule has 0 aliphatic carbocycles. The molecule has 0 unspecified atom stereocenters. The van der Waals surface area contributed by atoms with Crippen LogP contribution >= 0.6 is 11.6 Å². The average molecular weight is 233 g/mol. The van der Waals surface area contributed by atoms with Crippen LogP contribution in [-0.2, 0) is 0 Å². The molecule has 82 valence electrons. The number of aryl methyl sites for hydroxylation is 3. The summed E-state index contributed by atoms with van der Waals surface area (Å²) >= 11 is 6.14. The summed E-state index contributed by atoms with van der Waals surface area (Å²) in [4.78, 5) is 0. The molecule has 0 atom stereocenters. The number of hydrogen-bond acceptors (Lipinski definition) is 2. The van der Waals surface area contributed by atoms with Gasteiger partial charge in [0, 0.05) is 10.6 Å². The third kappa shape index (κ3) is 2.07. The molecule has 0 bridgehead atoms. The monoisotopic (exact) mass is 232 g/mol. The summed E-state index contributed by atoms with van der Waals surface area (Å²) in [6, 6.07) is 6.17. The van der Waals surface area contributed by atoms with Crippen molar-refractivity contribution >= 4 is 11.6 Å². The molecule has 1 aromatic carbocycles. The molecule has 1 aromatic heterocycles. The van der Waals surface area contributed by atoms with Crippen molar-refractivity contribution in [3.8, 4) is 11.1 Å². The van der Waals surface area contributed by atoms with Crippen LogP contribution in [-0.4, -0.2) is 10.2 Å². The van der Waals surface area contributed by atoms with Crippen LogP contribution in [0, 0.1) is 20.8 Å². The smallest absolute Gasteiger partial charge is 0.0606 e. The third-order valence-electron chi connectivity index (χ3n) is 2.55. The zero-order valence-electron chi connectivity index (χ0n) is 9.58. The van der Waals surface area contributed by atoms with Crippen LogP contribution in [0.25, 0.3) is 11.1 Å². The first kappa shape index (κ1) is 11.1. The second-order valence-corrected chi connectivity index (χ2v) is 4.39. The van der Waals surface area contributed by atoms with Crippen LogP contribution in [0.2, 0.25) is 5.02 Å². The van der Waals surface area contributed by atoms with Crippen molar-refractivity contribution in [2.24, 2.45) is 0 Å². The van der Waals surface area contributed by atoms with E-state index in [1.54, 1.807) is 6.20 Å². The topological polar surface area (TPSA) is 25.8 Å². The first-order chi connectivity index (χ1) is 7.58. The second-order valence-electron chi connectivity index (χ2n) is 4.01. The molecule has 0 N–H and O–H groups in total. The standard InChI is InChI=1S/C13H13ClN2/c1-8-4-11(5-9(2)13(8)14)12-6-10(3)16-15-7-12/h4-7H,1-3H3. The van der Waals surface area contributed by atoms with E-state index < -0.39 is 0 Å². The molecule has 2 aromatic rings. The summed E-state index contributed by atoms with van der Waals surface area (Å²) in [5, 5.41) is 8.75. The Hall–Kier alpha value is -1.41. The summed E-state index contributed by atoms with van der Waals surface area (Å²) in [6.07, 6.45) is 1.77.